The summed E-state index contributed by atoms with van der Waals surface area (Å²) >= 11 is 12.1. The summed E-state index contributed by atoms with van der Waals surface area (Å²) in [6.07, 6.45) is 3.98. The van der Waals surface area contributed by atoms with Gasteiger partial charge in [-0.05, 0) is 49.4 Å². The van der Waals surface area contributed by atoms with Gasteiger partial charge in [0.2, 0.25) is 0 Å². The Morgan fingerprint density at radius 1 is 1.19 bits per heavy atom. The van der Waals surface area contributed by atoms with Crippen LogP contribution in [0.3, 0.4) is 0 Å². The van der Waals surface area contributed by atoms with E-state index in [1.165, 1.54) is 31.4 Å². The highest BCUT2D eigenvalue weighted by atomic mass is 35.5. The zero-order chi connectivity index (χ0) is 11.0. The summed E-state index contributed by atoms with van der Waals surface area (Å²) in [5.41, 5.74) is 2.20. The molecule has 1 spiro atoms. The Bertz CT molecular complexity index is 481. The highest BCUT2D eigenvalue weighted by Crippen LogP contribution is 2.71. The summed E-state index contributed by atoms with van der Waals surface area (Å²) in [6.45, 7) is 1.18. The van der Waals surface area contributed by atoms with Crippen molar-refractivity contribution in [2.24, 2.45) is 5.92 Å². The number of fused-ring (bicyclic) bond motifs is 2. The van der Waals surface area contributed by atoms with Crippen molar-refractivity contribution in [3.05, 3.63) is 33.8 Å². The molecule has 1 aliphatic heterocycles. The fraction of sp³-hybridized carbons (Fsp3) is 0.538. The summed E-state index contributed by atoms with van der Waals surface area (Å²) in [7, 11) is 0. The van der Waals surface area contributed by atoms with Crippen LogP contribution >= 0.6 is 23.2 Å². The molecule has 1 nitrogen and oxygen atoms in total. The number of halogens is 2. The van der Waals surface area contributed by atoms with Crippen LogP contribution in [0, 0.1) is 5.92 Å². The summed E-state index contributed by atoms with van der Waals surface area (Å²) in [6, 6.07) is 6.19. The standard InChI is InChI=1S/C13H13Cl2N/c14-10-2-1-8(5-11(10)15)13-6-9(13)7-16-12(13)3-4-12/h1-2,5,9,16H,3-4,6-7H2/t9?,13-/m0/s1. The predicted octanol–water partition coefficient (Wildman–Crippen LogP) is 3.39. The zero-order valence-corrected chi connectivity index (χ0v) is 10.4. The molecule has 2 saturated carbocycles. The Kier molecular flexibility index (Phi) is 1.69. The maximum absolute atomic E-state index is 6.13. The zero-order valence-electron chi connectivity index (χ0n) is 8.89. The highest BCUT2D eigenvalue weighted by Gasteiger charge is 2.75. The van der Waals surface area contributed by atoms with Crippen molar-refractivity contribution in [2.75, 3.05) is 6.54 Å². The van der Waals surface area contributed by atoms with Gasteiger partial charge in [-0.1, -0.05) is 29.3 Å². The Morgan fingerprint density at radius 3 is 2.62 bits per heavy atom. The molecule has 0 amide bonds. The third-order valence-electron chi connectivity index (χ3n) is 4.83. The minimum absolute atomic E-state index is 0.390. The van der Waals surface area contributed by atoms with Gasteiger partial charge in [-0.2, -0.15) is 0 Å². The van der Waals surface area contributed by atoms with E-state index in [1.54, 1.807) is 0 Å². The summed E-state index contributed by atoms with van der Waals surface area (Å²) < 4.78 is 0. The van der Waals surface area contributed by atoms with Crippen LogP contribution < -0.4 is 5.32 Å². The second-order valence-electron chi connectivity index (χ2n) is 5.46. The second kappa shape index (κ2) is 2.77. The molecule has 1 heterocycles. The van der Waals surface area contributed by atoms with Crippen molar-refractivity contribution in [2.45, 2.75) is 30.2 Å². The smallest absolute Gasteiger partial charge is 0.0595 e. The van der Waals surface area contributed by atoms with Crippen LogP contribution in [0.25, 0.3) is 0 Å². The normalized spacial score (nSPS) is 37.5. The van der Waals surface area contributed by atoms with Gasteiger partial charge in [0.15, 0.2) is 0 Å². The fourth-order valence-electron chi connectivity index (χ4n) is 3.79. The van der Waals surface area contributed by atoms with Gasteiger partial charge in [-0.15, -0.1) is 0 Å². The molecule has 84 valence electrons. The second-order valence-corrected chi connectivity index (χ2v) is 6.28. The van der Waals surface area contributed by atoms with Gasteiger partial charge in [-0.25, -0.2) is 0 Å². The quantitative estimate of drug-likeness (QED) is 0.810. The number of hydrogen-bond donors (Lipinski definition) is 1. The molecule has 3 aliphatic rings. The summed E-state index contributed by atoms with van der Waals surface area (Å²) in [5.74, 6) is 0.826. The molecule has 1 saturated heterocycles. The molecule has 0 bridgehead atoms. The molecule has 4 rings (SSSR count). The SMILES string of the molecule is Clc1ccc([C@@]23CC2CNC32CC2)cc1Cl. The van der Waals surface area contributed by atoms with Gasteiger partial charge < -0.3 is 5.32 Å². The van der Waals surface area contributed by atoms with Gasteiger partial charge >= 0.3 is 0 Å². The van der Waals surface area contributed by atoms with Crippen LogP contribution in [-0.2, 0) is 5.41 Å². The van der Waals surface area contributed by atoms with Crippen LogP contribution in [0.2, 0.25) is 10.0 Å². The minimum atomic E-state index is 0.390. The Hall–Kier alpha value is -0.240. The number of nitrogens with one attached hydrogen (secondary N) is 1. The number of hydrogen-bond acceptors (Lipinski definition) is 1. The van der Waals surface area contributed by atoms with Crippen molar-refractivity contribution in [3.63, 3.8) is 0 Å². The van der Waals surface area contributed by atoms with E-state index in [0.29, 0.717) is 21.0 Å². The molecule has 2 aliphatic carbocycles. The van der Waals surface area contributed by atoms with Crippen LogP contribution in [0.15, 0.2) is 18.2 Å². The first-order chi connectivity index (χ1) is 7.68. The topological polar surface area (TPSA) is 12.0 Å². The van der Waals surface area contributed by atoms with Gasteiger partial charge in [0.05, 0.1) is 10.0 Å². The van der Waals surface area contributed by atoms with Crippen LogP contribution in [0.1, 0.15) is 24.8 Å². The molecule has 3 heteroatoms. The van der Waals surface area contributed by atoms with E-state index in [2.05, 4.69) is 17.4 Å². The third-order valence-corrected chi connectivity index (χ3v) is 5.57. The van der Waals surface area contributed by atoms with E-state index >= 15 is 0 Å². The summed E-state index contributed by atoms with van der Waals surface area (Å²) in [4.78, 5) is 0. The molecular weight excluding hydrogens is 241 g/mol. The molecule has 1 unspecified atom stereocenters. The minimum Gasteiger partial charge on any atom is -0.310 e. The molecule has 2 atom stereocenters. The maximum Gasteiger partial charge on any atom is 0.0595 e. The molecule has 1 aromatic rings. The molecule has 1 aromatic carbocycles. The van der Waals surface area contributed by atoms with E-state index in [1.807, 2.05) is 6.07 Å². The van der Waals surface area contributed by atoms with Gasteiger partial charge in [0.25, 0.3) is 0 Å². The Morgan fingerprint density at radius 2 is 2.00 bits per heavy atom. The van der Waals surface area contributed by atoms with Crippen molar-refractivity contribution >= 4 is 23.2 Å². The molecule has 3 fully saturated rings. The van der Waals surface area contributed by atoms with Crippen LogP contribution in [0.5, 0.6) is 0 Å². The van der Waals surface area contributed by atoms with E-state index in [0.717, 1.165) is 5.92 Å². The van der Waals surface area contributed by atoms with Gasteiger partial charge in [0.1, 0.15) is 0 Å². The average molecular weight is 254 g/mol. The predicted molar refractivity (Wildman–Crippen MR) is 66.2 cm³/mol. The Balaban J connectivity index is 1.83. The van der Waals surface area contributed by atoms with Crippen molar-refractivity contribution in [1.82, 2.24) is 5.32 Å². The van der Waals surface area contributed by atoms with Crippen molar-refractivity contribution in [1.29, 1.82) is 0 Å². The van der Waals surface area contributed by atoms with E-state index in [4.69, 9.17) is 23.2 Å². The van der Waals surface area contributed by atoms with E-state index < -0.39 is 0 Å². The van der Waals surface area contributed by atoms with E-state index in [9.17, 15) is 0 Å². The first kappa shape index (κ1) is 9.76. The van der Waals surface area contributed by atoms with Crippen LogP contribution in [-0.4, -0.2) is 12.1 Å². The average Bonchev–Trinajstić information content (AvgIpc) is 3.11. The number of piperidine rings is 1. The molecule has 1 N–H and O–H groups in total. The van der Waals surface area contributed by atoms with Gasteiger partial charge in [-0.3, -0.25) is 0 Å². The van der Waals surface area contributed by atoms with Crippen molar-refractivity contribution < 1.29 is 0 Å². The van der Waals surface area contributed by atoms with Gasteiger partial charge in [0, 0.05) is 11.0 Å². The first-order valence-electron chi connectivity index (χ1n) is 5.89. The molecule has 0 radical (unpaired) electrons. The number of rotatable bonds is 1. The molecular formula is C13H13Cl2N. The lowest BCUT2D eigenvalue weighted by atomic mass is 9.86. The first-order valence-corrected chi connectivity index (χ1v) is 6.64. The fourth-order valence-corrected chi connectivity index (χ4v) is 4.09. The lowest BCUT2D eigenvalue weighted by molar-refractivity contribution is 0.465. The lowest BCUT2D eigenvalue weighted by Gasteiger charge is -2.24. The molecule has 0 aromatic heterocycles. The summed E-state index contributed by atoms with van der Waals surface area (Å²) in [5, 5.41) is 5.06. The largest absolute Gasteiger partial charge is 0.310 e. The monoisotopic (exact) mass is 253 g/mol. The van der Waals surface area contributed by atoms with E-state index in [-0.39, 0.29) is 0 Å². The highest BCUT2D eigenvalue weighted by molar-refractivity contribution is 6.42. The van der Waals surface area contributed by atoms with Crippen molar-refractivity contribution in [3.8, 4) is 0 Å². The maximum atomic E-state index is 6.13. The lowest BCUT2D eigenvalue weighted by Crippen LogP contribution is -2.36. The Labute approximate surface area is 105 Å². The van der Waals surface area contributed by atoms with Crippen LogP contribution in [0.4, 0.5) is 0 Å². The molecule has 16 heavy (non-hydrogen) atoms. The number of benzene rings is 1. The third kappa shape index (κ3) is 0.982.